The topological polar surface area (TPSA) is 54.9 Å². The molecule has 0 radical (unpaired) electrons. The lowest BCUT2D eigenvalue weighted by atomic mass is 10.1. The zero-order valence-electron chi connectivity index (χ0n) is 10.4. The Morgan fingerprint density at radius 2 is 1.80 bits per heavy atom. The summed E-state index contributed by atoms with van der Waals surface area (Å²) in [7, 11) is 0. The predicted octanol–water partition coefficient (Wildman–Crippen LogP) is 3.54. The molecular formula is C15H10ClN3O. The first kappa shape index (κ1) is 12.6. The Labute approximate surface area is 120 Å². The maximum Gasteiger partial charge on any atom is 0.256 e. The molecule has 1 N–H and O–H groups in total. The van der Waals surface area contributed by atoms with Crippen LogP contribution in [-0.4, -0.2) is 15.9 Å². The van der Waals surface area contributed by atoms with Gasteiger partial charge in [0.05, 0.1) is 12.4 Å². The van der Waals surface area contributed by atoms with Gasteiger partial charge in [0.2, 0.25) is 0 Å². The summed E-state index contributed by atoms with van der Waals surface area (Å²) < 4.78 is 0. The van der Waals surface area contributed by atoms with Crippen LogP contribution in [0.1, 0.15) is 10.4 Å². The molecule has 1 heterocycles. The summed E-state index contributed by atoms with van der Waals surface area (Å²) in [6, 6.07) is 13.4. The molecule has 3 aromatic rings. The van der Waals surface area contributed by atoms with E-state index in [2.05, 4.69) is 15.3 Å². The third kappa shape index (κ3) is 2.60. The number of carbonyl (C=O) groups is 1. The molecule has 3 rings (SSSR count). The monoisotopic (exact) mass is 283 g/mol. The molecule has 0 aliphatic carbocycles. The van der Waals surface area contributed by atoms with E-state index in [1.54, 1.807) is 6.07 Å². The Bertz CT molecular complexity index is 771. The largest absolute Gasteiger partial charge is 0.305 e. The number of aromatic nitrogens is 2. The van der Waals surface area contributed by atoms with Crippen LogP contribution in [0.2, 0.25) is 5.15 Å². The van der Waals surface area contributed by atoms with Crippen LogP contribution in [0.3, 0.4) is 0 Å². The van der Waals surface area contributed by atoms with E-state index in [9.17, 15) is 4.79 Å². The molecule has 1 amide bonds. The van der Waals surface area contributed by atoms with E-state index in [-0.39, 0.29) is 11.1 Å². The molecule has 4 nitrogen and oxygen atoms in total. The van der Waals surface area contributed by atoms with Crippen LogP contribution in [0.4, 0.5) is 5.82 Å². The van der Waals surface area contributed by atoms with Gasteiger partial charge in [-0.1, -0.05) is 41.9 Å². The number of fused-ring (bicyclic) bond motifs is 1. The van der Waals surface area contributed by atoms with Crippen LogP contribution >= 0.6 is 11.6 Å². The summed E-state index contributed by atoms with van der Waals surface area (Å²) in [5.74, 6) is 0.139. The van der Waals surface area contributed by atoms with E-state index < -0.39 is 0 Å². The molecule has 1 aromatic heterocycles. The summed E-state index contributed by atoms with van der Waals surface area (Å²) in [5, 5.41) is 5.07. The third-order valence-corrected chi connectivity index (χ3v) is 3.07. The summed E-state index contributed by atoms with van der Waals surface area (Å²) in [6.45, 7) is 0. The van der Waals surface area contributed by atoms with Crippen LogP contribution < -0.4 is 5.32 Å². The number of anilines is 1. The Morgan fingerprint density at radius 3 is 2.55 bits per heavy atom. The number of carbonyl (C=O) groups excluding carboxylic acids is 1. The maximum atomic E-state index is 12.1. The van der Waals surface area contributed by atoms with Gasteiger partial charge in [-0.3, -0.25) is 4.79 Å². The van der Waals surface area contributed by atoms with Gasteiger partial charge < -0.3 is 5.32 Å². The standard InChI is InChI=1S/C15H10ClN3O/c16-13-8-18-14(9-17-13)19-15(20)12-6-5-10-3-1-2-4-11(10)7-12/h1-9H,(H,18,19,20). The van der Waals surface area contributed by atoms with Crippen molar-refractivity contribution >= 4 is 34.1 Å². The summed E-state index contributed by atoms with van der Waals surface area (Å²) in [4.78, 5) is 20.0. The maximum absolute atomic E-state index is 12.1. The molecule has 0 atom stereocenters. The SMILES string of the molecule is O=C(Nc1cnc(Cl)cn1)c1ccc2ccccc2c1. The number of hydrogen-bond donors (Lipinski definition) is 1. The van der Waals surface area contributed by atoms with E-state index >= 15 is 0 Å². The van der Waals surface area contributed by atoms with Gasteiger partial charge in [-0.25, -0.2) is 9.97 Å². The highest BCUT2D eigenvalue weighted by Gasteiger charge is 2.07. The number of nitrogens with zero attached hydrogens (tertiary/aromatic N) is 2. The smallest absolute Gasteiger partial charge is 0.256 e. The third-order valence-electron chi connectivity index (χ3n) is 2.87. The van der Waals surface area contributed by atoms with Crippen LogP contribution in [0.5, 0.6) is 0 Å². The van der Waals surface area contributed by atoms with Crippen molar-refractivity contribution in [3.63, 3.8) is 0 Å². The fourth-order valence-electron chi connectivity index (χ4n) is 1.90. The van der Waals surface area contributed by atoms with Crippen LogP contribution in [0.25, 0.3) is 10.8 Å². The van der Waals surface area contributed by atoms with Gasteiger partial charge in [-0.2, -0.15) is 0 Å². The molecule has 0 aliphatic heterocycles. The number of benzene rings is 2. The zero-order valence-corrected chi connectivity index (χ0v) is 11.1. The lowest BCUT2D eigenvalue weighted by Gasteiger charge is -2.05. The van der Waals surface area contributed by atoms with Gasteiger partial charge in [0.25, 0.3) is 5.91 Å². The normalized spacial score (nSPS) is 10.4. The van der Waals surface area contributed by atoms with Crippen LogP contribution in [-0.2, 0) is 0 Å². The molecular weight excluding hydrogens is 274 g/mol. The molecule has 0 aliphatic rings. The van der Waals surface area contributed by atoms with Gasteiger partial charge in [-0.15, -0.1) is 0 Å². The summed E-state index contributed by atoms with van der Waals surface area (Å²) in [6.07, 6.45) is 2.80. The minimum absolute atomic E-state index is 0.229. The van der Waals surface area contributed by atoms with E-state index in [4.69, 9.17) is 11.6 Å². The summed E-state index contributed by atoms with van der Waals surface area (Å²) >= 11 is 5.64. The van der Waals surface area contributed by atoms with Gasteiger partial charge in [0.1, 0.15) is 5.15 Å². The van der Waals surface area contributed by atoms with Crippen LogP contribution in [0.15, 0.2) is 54.9 Å². The van der Waals surface area contributed by atoms with Gasteiger partial charge in [-0.05, 0) is 22.9 Å². The molecule has 0 saturated heterocycles. The first-order valence-corrected chi connectivity index (χ1v) is 6.38. The second kappa shape index (κ2) is 5.27. The van der Waals surface area contributed by atoms with Crippen molar-refractivity contribution in [2.24, 2.45) is 0 Å². The van der Waals surface area contributed by atoms with Gasteiger partial charge in [0.15, 0.2) is 5.82 Å². The number of nitrogens with one attached hydrogen (secondary N) is 1. The molecule has 0 spiro atoms. The molecule has 0 unspecified atom stereocenters. The Balaban J connectivity index is 1.86. The molecule has 20 heavy (non-hydrogen) atoms. The molecule has 0 saturated carbocycles. The molecule has 98 valence electrons. The molecule has 0 bridgehead atoms. The van der Waals surface area contributed by atoms with Crippen molar-refractivity contribution in [1.29, 1.82) is 0 Å². The van der Waals surface area contributed by atoms with Crippen LogP contribution in [0, 0.1) is 0 Å². The van der Waals surface area contributed by atoms with Crippen molar-refractivity contribution in [1.82, 2.24) is 9.97 Å². The first-order valence-electron chi connectivity index (χ1n) is 6.00. The highest BCUT2D eigenvalue weighted by Crippen LogP contribution is 2.16. The Hall–Kier alpha value is -2.46. The molecule has 5 heteroatoms. The van der Waals surface area contributed by atoms with E-state index in [1.165, 1.54) is 12.4 Å². The Morgan fingerprint density at radius 1 is 1.00 bits per heavy atom. The predicted molar refractivity (Wildman–Crippen MR) is 78.9 cm³/mol. The molecule has 0 fully saturated rings. The highest BCUT2D eigenvalue weighted by molar-refractivity contribution is 6.29. The van der Waals surface area contributed by atoms with Crippen molar-refractivity contribution < 1.29 is 4.79 Å². The molecule has 2 aromatic carbocycles. The number of amides is 1. The van der Waals surface area contributed by atoms with Crippen molar-refractivity contribution in [3.05, 3.63) is 65.6 Å². The quantitative estimate of drug-likeness (QED) is 0.783. The second-order valence-electron chi connectivity index (χ2n) is 4.24. The second-order valence-corrected chi connectivity index (χ2v) is 4.63. The number of halogens is 1. The van der Waals surface area contributed by atoms with E-state index in [0.717, 1.165) is 10.8 Å². The average Bonchev–Trinajstić information content (AvgIpc) is 2.49. The fourth-order valence-corrected chi connectivity index (χ4v) is 1.99. The van der Waals surface area contributed by atoms with E-state index in [0.29, 0.717) is 11.4 Å². The van der Waals surface area contributed by atoms with Crippen molar-refractivity contribution in [3.8, 4) is 0 Å². The minimum Gasteiger partial charge on any atom is -0.305 e. The highest BCUT2D eigenvalue weighted by atomic mass is 35.5. The van der Waals surface area contributed by atoms with Gasteiger partial charge >= 0.3 is 0 Å². The minimum atomic E-state index is -0.229. The zero-order chi connectivity index (χ0) is 13.9. The number of hydrogen-bond acceptors (Lipinski definition) is 3. The summed E-state index contributed by atoms with van der Waals surface area (Å²) in [5.41, 5.74) is 0.570. The van der Waals surface area contributed by atoms with Gasteiger partial charge in [0, 0.05) is 5.56 Å². The first-order chi connectivity index (χ1) is 9.72. The van der Waals surface area contributed by atoms with E-state index in [1.807, 2.05) is 36.4 Å². The fraction of sp³-hybridized carbons (Fsp3) is 0. The van der Waals surface area contributed by atoms with Crippen molar-refractivity contribution in [2.45, 2.75) is 0 Å². The lowest BCUT2D eigenvalue weighted by Crippen LogP contribution is -2.13. The van der Waals surface area contributed by atoms with Crippen molar-refractivity contribution in [2.75, 3.05) is 5.32 Å². The average molecular weight is 284 g/mol. The Kier molecular flexibility index (Phi) is 3.31. The number of rotatable bonds is 2. The lowest BCUT2D eigenvalue weighted by molar-refractivity contribution is 0.102.